The Labute approximate surface area is 177 Å². The highest BCUT2D eigenvalue weighted by Crippen LogP contribution is 2.29. The lowest BCUT2D eigenvalue weighted by Gasteiger charge is -2.15. The first kappa shape index (κ1) is 23.1. The van der Waals surface area contributed by atoms with E-state index in [-0.39, 0.29) is 17.2 Å². The van der Waals surface area contributed by atoms with Crippen LogP contribution in [0.1, 0.15) is 19.4 Å². The number of hydrazone groups is 1. The van der Waals surface area contributed by atoms with Crippen molar-refractivity contribution in [2.45, 2.75) is 20.0 Å². The number of hydrogen-bond donors (Lipinski definition) is 2. The average Bonchev–Trinajstić information content (AvgIpc) is 2.74. The van der Waals surface area contributed by atoms with Gasteiger partial charge in [0.2, 0.25) is 0 Å². The van der Waals surface area contributed by atoms with E-state index in [0.717, 1.165) is 0 Å². The molecule has 0 aromatic heterocycles. The number of para-hydroxylation sites is 2. The molecule has 0 saturated carbocycles. The molecular formula is C20H21N3O8. The molecule has 2 rings (SSSR count). The van der Waals surface area contributed by atoms with Gasteiger partial charge in [0, 0.05) is 6.07 Å². The van der Waals surface area contributed by atoms with Gasteiger partial charge in [-0.3, -0.25) is 14.9 Å². The maximum Gasteiger partial charge on any atom is 0.344 e. The molecule has 0 saturated heterocycles. The standard InChI is InChI=1S/C20H21N3O8/c1-3-29-18-10-14(8-9-17(18)31-13(2)20(25)26)11-21-22-19(24)12-30-16-7-5-4-6-15(16)23(27)28/h4-11,13H,3,12H2,1-2H3,(H,22,24)(H,25,26)/b21-11-/t13-/m1/s1. The summed E-state index contributed by atoms with van der Waals surface area (Å²) >= 11 is 0. The van der Waals surface area contributed by atoms with Crippen LogP contribution in [0.25, 0.3) is 0 Å². The molecule has 11 heteroatoms. The van der Waals surface area contributed by atoms with Crippen LogP contribution in [0, 0.1) is 10.1 Å². The third-order valence-corrected chi connectivity index (χ3v) is 3.74. The zero-order chi connectivity index (χ0) is 22.8. The second kappa shape index (κ2) is 11.1. The summed E-state index contributed by atoms with van der Waals surface area (Å²) in [6.45, 7) is 3.03. The lowest BCUT2D eigenvalue weighted by molar-refractivity contribution is -0.385. The highest BCUT2D eigenvalue weighted by molar-refractivity contribution is 5.83. The van der Waals surface area contributed by atoms with Gasteiger partial charge in [-0.15, -0.1) is 0 Å². The molecule has 0 radical (unpaired) electrons. The molecule has 31 heavy (non-hydrogen) atoms. The van der Waals surface area contributed by atoms with Crippen molar-refractivity contribution < 1.29 is 33.8 Å². The highest BCUT2D eigenvalue weighted by atomic mass is 16.6. The predicted molar refractivity (Wildman–Crippen MR) is 110 cm³/mol. The molecule has 0 unspecified atom stereocenters. The molecule has 0 fully saturated rings. The summed E-state index contributed by atoms with van der Waals surface area (Å²) in [5.41, 5.74) is 2.56. The van der Waals surface area contributed by atoms with Crippen molar-refractivity contribution >= 4 is 23.8 Å². The number of nitro benzene ring substituents is 1. The monoisotopic (exact) mass is 431 g/mol. The van der Waals surface area contributed by atoms with E-state index in [2.05, 4.69) is 10.5 Å². The Kier molecular flexibility index (Phi) is 8.31. The van der Waals surface area contributed by atoms with Gasteiger partial charge in [0.25, 0.3) is 5.91 Å². The first-order chi connectivity index (χ1) is 14.8. The number of nitrogens with one attached hydrogen (secondary N) is 1. The average molecular weight is 431 g/mol. The molecule has 2 N–H and O–H groups in total. The molecular weight excluding hydrogens is 410 g/mol. The van der Waals surface area contributed by atoms with Crippen LogP contribution >= 0.6 is 0 Å². The number of carboxylic acids is 1. The van der Waals surface area contributed by atoms with Crippen molar-refractivity contribution in [3.63, 3.8) is 0 Å². The summed E-state index contributed by atoms with van der Waals surface area (Å²) in [7, 11) is 0. The molecule has 2 aromatic rings. The third-order valence-electron chi connectivity index (χ3n) is 3.74. The summed E-state index contributed by atoms with van der Waals surface area (Å²) in [6, 6.07) is 10.4. The van der Waals surface area contributed by atoms with Crippen LogP contribution in [0.15, 0.2) is 47.6 Å². The number of nitrogens with zero attached hydrogens (tertiary/aromatic N) is 2. The van der Waals surface area contributed by atoms with Crippen LogP contribution in [0.2, 0.25) is 0 Å². The molecule has 0 spiro atoms. The van der Waals surface area contributed by atoms with Gasteiger partial charge in [-0.2, -0.15) is 5.10 Å². The van der Waals surface area contributed by atoms with Crippen molar-refractivity contribution in [1.29, 1.82) is 0 Å². The Morgan fingerprint density at radius 1 is 1.19 bits per heavy atom. The minimum Gasteiger partial charge on any atom is -0.490 e. The van der Waals surface area contributed by atoms with Gasteiger partial charge < -0.3 is 19.3 Å². The second-order valence-corrected chi connectivity index (χ2v) is 6.04. The van der Waals surface area contributed by atoms with Gasteiger partial charge in [0.15, 0.2) is 30.0 Å². The first-order valence-corrected chi connectivity index (χ1v) is 9.16. The van der Waals surface area contributed by atoms with Crippen molar-refractivity contribution in [2.24, 2.45) is 5.10 Å². The van der Waals surface area contributed by atoms with Gasteiger partial charge in [-0.25, -0.2) is 10.2 Å². The Bertz CT molecular complexity index is 977. The number of hydrogen-bond acceptors (Lipinski definition) is 8. The fourth-order valence-electron chi connectivity index (χ4n) is 2.30. The van der Waals surface area contributed by atoms with Crippen LogP contribution in [-0.4, -0.2) is 47.4 Å². The topological polar surface area (TPSA) is 150 Å². The summed E-state index contributed by atoms with van der Waals surface area (Å²) in [5.74, 6) is -1.17. The van der Waals surface area contributed by atoms with Crippen LogP contribution in [0.3, 0.4) is 0 Å². The number of carboxylic acid groups (broad SMARTS) is 1. The quantitative estimate of drug-likeness (QED) is 0.313. The van der Waals surface area contributed by atoms with E-state index >= 15 is 0 Å². The van der Waals surface area contributed by atoms with Gasteiger partial charge in [-0.1, -0.05) is 12.1 Å². The summed E-state index contributed by atoms with van der Waals surface area (Å²) in [6.07, 6.45) is 0.286. The Hall–Kier alpha value is -4.15. The zero-order valence-corrected chi connectivity index (χ0v) is 16.8. The molecule has 164 valence electrons. The molecule has 0 heterocycles. The normalized spacial score (nSPS) is 11.5. The number of benzene rings is 2. The van der Waals surface area contributed by atoms with E-state index in [1.54, 1.807) is 25.1 Å². The fraction of sp³-hybridized carbons (Fsp3) is 0.250. The van der Waals surface area contributed by atoms with Gasteiger partial charge in [-0.05, 0) is 43.7 Å². The molecule has 11 nitrogen and oxygen atoms in total. The number of amides is 1. The molecule has 2 aromatic carbocycles. The molecule has 1 amide bonds. The molecule has 0 aliphatic carbocycles. The summed E-state index contributed by atoms with van der Waals surface area (Å²) in [5, 5.41) is 23.7. The number of aliphatic carboxylic acids is 1. The fourth-order valence-corrected chi connectivity index (χ4v) is 2.30. The molecule has 0 aliphatic heterocycles. The van der Waals surface area contributed by atoms with Crippen molar-refractivity contribution in [3.05, 3.63) is 58.1 Å². The Morgan fingerprint density at radius 2 is 1.94 bits per heavy atom. The highest BCUT2D eigenvalue weighted by Gasteiger charge is 2.16. The third kappa shape index (κ3) is 6.99. The molecule has 0 bridgehead atoms. The number of ether oxygens (including phenoxy) is 3. The van der Waals surface area contributed by atoms with Crippen molar-refractivity contribution in [1.82, 2.24) is 5.43 Å². The van der Waals surface area contributed by atoms with E-state index < -0.39 is 29.5 Å². The maximum absolute atomic E-state index is 11.9. The van der Waals surface area contributed by atoms with Gasteiger partial charge in [0.05, 0.1) is 17.7 Å². The van der Waals surface area contributed by atoms with Gasteiger partial charge in [0.1, 0.15) is 0 Å². The van der Waals surface area contributed by atoms with Crippen LogP contribution in [-0.2, 0) is 9.59 Å². The smallest absolute Gasteiger partial charge is 0.344 e. The number of carbonyl (C=O) groups excluding carboxylic acids is 1. The number of rotatable bonds is 11. The SMILES string of the molecule is CCOc1cc(/C=N\NC(=O)COc2ccccc2[N+](=O)[O-])ccc1O[C@H](C)C(=O)O. The lowest BCUT2D eigenvalue weighted by atomic mass is 10.2. The van der Waals surface area contributed by atoms with E-state index in [0.29, 0.717) is 17.9 Å². The summed E-state index contributed by atoms with van der Waals surface area (Å²) < 4.78 is 16.0. The molecule has 1 atom stereocenters. The van der Waals surface area contributed by atoms with E-state index in [9.17, 15) is 19.7 Å². The number of carbonyl (C=O) groups is 2. The Balaban J connectivity index is 1.97. The lowest BCUT2D eigenvalue weighted by Crippen LogP contribution is -2.24. The van der Waals surface area contributed by atoms with E-state index in [1.807, 2.05) is 0 Å². The maximum atomic E-state index is 11.9. The van der Waals surface area contributed by atoms with Crippen LogP contribution < -0.4 is 19.6 Å². The van der Waals surface area contributed by atoms with Gasteiger partial charge >= 0.3 is 11.7 Å². The Morgan fingerprint density at radius 3 is 2.61 bits per heavy atom. The van der Waals surface area contributed by atoms with Crippen LogP contribution in [0.4, 0.5) is 5.69 Å². The largest absolute Gasteiger partial charge is 0.490 e. The minimum absolute atomic E-state index is 0.0286. The van der Waals surface area contributed by atoms with E-state index in [1.165, 1.54) is 37.4 Å². The van der Waals surface area contributed by atoms with Crippen LogP contribution in [0.5, 0.6) is 17.2 Å². The number of nitro groups is 1. The predicted octanol–water partition coefficient (Wildman–Crippen LogP) is 2.37. The second-order valence-electron chi connectivity index (χ2n) is 6.04. The summed E-state index contributed by atoms with van der Waals surface area (Å²) in [4.78, 5) is 33.2. The molecule has 0 aliphatic rings. The first-order valence-electron chi connectivity index (χ1n) is 9.16. The van der Waals surface area contributed by atoms with Crippen molar-refractivity contribution in [3.8, 4) is 17.2 Å². The van der Waals surface area contributed by atoms with E-state index in [4.69, 9.17) is 19.3 Å². The minimum atomic E-state index is -1.11. The van der Waals surface area contributed by atoms with Crippen molar-refractivity contribution in [2.75, 3.05) is 13.2 Å². The zero-order valence-electron chi connectivity index (χ0n) is 16.8.